The highest BCUT2D eigenvalue weighted by Gasteiger charge is 2.51. The molecule has 0 radical (unpaired) electrons. The molecule has 2 aliphatic carbocycles. The Hall–Kier alpha value is -0.180. The lowest BCUT2D eigenvalue weighted by molar-refractivity contribution is -0.113. The van der Waals surface area contributed by atoms with E-state index in [4.69, 9.17) is 5.11 Å². The van der Waals surface area contributed by atoms with E-state index in [2.05, 4.69) is 0 Å². The minimum absolute atomic E-state index is 0.192. The number of aliphatic hydroxyl groups is 1. The molecular formula is C9H14F2O. The summed E-state index contributed by atoms with van der Waals surface area (Å²) in [6.45, 7) is -0.971. The maximum atomic E-state index is 13.1. The van der Waals surface area contributed by atoms with Crippen molar-refractivity contribution in [1.29, 1.82) is 0 Å². The highest BCUT2D eigenvalue weighted by molar-refractivity contribution is 4.95. The van der Waals surface area contributed by atoms with E-state index in [1.165, 1.54) is 0 Å². The van der Waals surface area contributed by atoms with Crippen LogP contribution in [0.4, 0.5) is 8.78 Å². The highest BCUT2D eigenvalue weighted by Crippen LogP contribution is 2.53. The topological polar surface area (TPSA) is 20.2 Å². The molecule has 2 saturated carbocycles. The smallest absolute Gasteiger partial charge is 0.273 e. The van der Waals surface area contributed by atoms with Crippen LogP contribution in [-0.2, 0) is 0 Å². The largest absolute Gasteiger partial charge is 0.390 e. The molecule has 3 unspecified atom stereocenters. The molecule has 2 bridgehead atoms. The zero-order valence-corrected chi connectivity index (χ0v) is 6.97. The fourth-order valence-electron chi connectivity index (χ4n) is 2.88. The normalized spacial score (nSPS) is 40.8. The Kier molecular flexibility index (Phi) is 1.86. The molecule has 2 aliphatic rings. The zero-order valence-electron chi connectivity index (χ0n) is 6.97. The molecule has 2 rings (SSSR count). The van der Waals surface area contributed by atoms with Crippen molar-refractivity contribution in [3.8, 4) is 0 Å². The maximum absolute atomic E-state index is 13.1. The van der Waals surface area contributed by atoms with Crippen LogP contribution in [-0.4, -0.2) is 17.6 Å². The van der Waals surface area contributed by atoms with Gasteiger partial charge in [0.2, 0.25) is 0 Å². The van der Waals surface area contributed by atoms with Crippen LogP contribution in [0.15, 0.2) is 0 Å². The summed E-state index contributed by atoms with van der Waals surface area (Å²) in [5, 5.41) is 8.53. The zero-order chi connectivity index (χ0) is 8.77. The monoisotopic (exact) mass is 176 g/mol. The van der Waals surface area contributed by atoms with Crippen LogP contribution < -0.4 is 0 Å². The third kappa shape index (κ3) is 1.15. The fraction of sp³-hybridized carbons (Fsp3) is 1.00. The summed E-state index contributed by atoms with van der Waals surface area (Å²) in [7, 11) is 0. The Balaban J connectivity index is 2.06. The lowest BCUT2D eigenvalue weighted by Gasteiger charge is -2.28. The van der Waals surface area contributed by atoms with Gasteiger partial charge in [-0.1, -0.05) is 6.42 Å². The Morgan fingerprint density at radius 1 is 1.25 bits per heavy atom. The maximum Gasteiger partial charge on any atom is 0.273 e. The first-order valence-corrected chi connectivity index (χ1v) is 4.62. The van der Waals surface area contributed by atoms with Crippen molar-refractivity contribution in [3.05, 3.63) is 0 Å². The standard InChI is InChI=1S/C9H14F2O/c10-9(11,5-12)8-4-6-1-2-7(8)3-6/h6-8,12H,1-5H2. The van der Waals surface area contributed by atoms with Crippen LogP contribution in [0.3, 0.4) is 0 Å². The average molecular weight is 176 g/mol. The van der Waals surface area contributed by atoms with Gasteiger partial charge in [-0.25, -0.2) is 8.78 Å². The Labute approximate surface area is 70.8 Å². The summed E-state index contributed by atoms with van der Waals surface area (Å²) >= 11 is 0. The lowest BCUT2D eigenvalue weighted by atomic mass is 9.84. The summed E-state index contributed by atoms with van der Waals surface area (Å²) in [5.74, 6) is -2.63. The van der Waals surface area contributed by atoms with Crippen LogP contribution in [0.2, 0.25) is 0 Å². The Bertz CT molecular complexity index is 181. The molecule has 3 atom stereocenters. The molecule has 0 aromatic heterocycles. The van der Waals surface area contributed by atoms with Crippen molar-refractivity contribution in [3.63, 3.8) is 0 Å². The predicted molar refractivity (Wildman–Crippen MR) is 41.0 cm³/mol. The van der Waals surface area contributed by atoms with E-state index in [0.29, 0.717) is 12.3 Å². The van der Waals surface area contributed by atoms with Crippen LogP contribution in [0.1, 0.15) is 25.7 Å². The summed E-state index contributed by atoms with van der Waals surface area (Å²) in [4.78, 5) is 0. The van der Waals surface area contributed by atoms with Crippen LogP contribution in [0.5, 0.6) is 0 Å². The molecule has 0 aromatic rings. The van der Waals surface area contributed by atoms with Gasteiger partial charge in [-0.3, -0.25) is 0 Å². The molecule has 12 heavy (non-hydrogen) atoms. The van der Waals surface area contributed by atoms with Crippen LogP contribution in [0.25, 0.3) is 0 Å². The predicted octanol–water partition coefficient (Wildman–Crippen LogP) is 2.05. The van der Waals surface area contributed by atoms with E-state index < -0.39 is 18.4 Å². The van der Waals surface area contributed by atoms with Gasteiger partial charge in [0.1, 0.15) is 6.61 Å². The minimum Gasteiger partial charge on any atom is -0.390 e. The van der Waals surface area contributed by atoms with E-state index in [9.17, 15) is 8.78 Å². The number of halogens is 2. The Morgan fingerprint density at radius 2 is 2.00 bits per heavy atom. The van der Waals surface area contributed by atoms with Gasteiger partial charge in [0.05, 0.1) is 0 Å². The second-order valence-electron chi connectivity index (χ2n) is 4.20. The van der Waals surface area contributed by atoms with Crippen molar-refractivity contribution in [2.45, 2.75) is 31.6 Å². The molecule has 0 spiro atoms. The lowest BCUT2D eigenvalue weighted by Crippen LogP contribution is -2.35. The minimum atomic E-state index is -2.82. The van der Waals surface area contributed by atoms with E-state index in [0.717, 1.165) is 19.3 Å². The first-order chi connectivity index (χ1) is 5.63. The van der Waals surface area contributed by atoms with Crippen molar-refractivity contribution < 1.29 is 13.9 Å². The van der Waals surface area contributed by atoms with E-state index >= 15 is 0 Å². The molecule has 1 N–H and O–H groups in total. The molecule has 1 nitrogen and oxygen atoms in total. The first-order valence-electron chi connectivity index (χ1n) is 4.62. The van der Waals surface area contributed by atoms with Crippen molar-refractivity contribution in [2.24, 2.45) is 17.8 Å². The van der Waals surface area contributed by atoms with Gasteiger partial charge < -0.3 is 5.11 Å². The van der Waals surface area contributed by atoms with Crippen molar-refractivity contribution >= 4 is 0 Å². The number of hydrogen-bond acceptors (Lipinski definition) is 1. The molecule has 70 valence electrons. The number of alkyl halides is 2. The number of rotatable bonds is 2. The second-order valence-corrected chi connectivity index (χ2v) is 4.20. The quantitative estimate of drug-likeness (QED) is 0.682. The molecule has 2 fully saturated rings. The third-order valence-corrected chi connectivity index (χ3v) is 3.49. The van der Waals surface area contributed by atoms with Gasteiger partial charge in [-0.2, -0.15) is 0 Å². The number of fused-ring (bicyclic) bond motifs is 2. The molecule has 0 aromatic carbocycles. The summed E-state index contributed by atoms with van der Waals surface area (Å²) in [5.41, 5.74) is 0. The van der Waals surface area contributed by atoms with Crippen LogP contribution in [0, 0.1) is 17.8 Å². The summed E-state index contributed by atoms with van der Waals surface area (Å²) < 4.78 is 26.1. The summed E-state index contributed by atoms with van der Waals surface area (Å²) in [6.07, 6.45) is 3.69. The molecule has 3 heteroatoms. The first kappa shape index (κ1) is 8.42. The summed E-state index contributed by atoms with van der Waals surface area (Å²) in [6, 6.07) is 0. The van der Waals surface area contributed by atoms with Gasteiger partial charge in [0.15, 0.2) is 0 Å². The van der Waals surface area contributed by atoms with Crippen LogP contribution >= 0.6 is 0 Å². The number of hydrogen-bond donors (Lipinski definition) is 1. The van der Waals surface area contributed by atoms with Gasteiger partial charge in [0.25, 0.3) is 5.92 Å². The van der Waals surface area contributed by atoms with Crippen molar-refractivity contribution in [1.82, 2.24) is 0 Å². The Morgan fingerprint density at radius 3 is 2.42 bits per heavy atom. The van der Waals surface area contributed by atoms with Gasteiger partial charge >= 0.3 is 0 Å². The van der Waals surface area contributed by atoms with Gasteiger partial charge in [-0.15, -0.1) is 0 Å². The van der Waals surface area contributed by atoms with Gasteiger partial charge in [-0.05, 0) is 31.1 Å². The fourth-order valence-corrected chi connectivity index (χ4v) is 2.88. The molecule has 0 amide bonds. The molecule has 0 aliphatic heterocycles. The SMILES string of the molecule is OCC(F)(F)C1CC2CCC1C2. The molecule has 0 heterocycles. The third-order valence-electron chi connectivity index (χ3n) is 3.49. The number of aliphatic hydroxyl groups excluding tert-OH is 1. The van der Waals surface area contributed by atoms with Gasteiger partial charge in [0, 0.05) is 5.92 Å². The average Bonchev–Trinajstić information content (AvgIpc) is 2.64. The van der Waals surface area contributed by atoms with E-state index in [1.54, 1.807) is 0 Å². The molecule has 0 saturated heterocycles. The van der Waals surface area contributed by atoms with E-state index in [-0.39, 0.29) is 5.92 Å². The van der Waals surface area contributed by atoms with E-state index in [1.807, 2.05) is 0 Å². The molecular weight excluding hydrogens is 162 g/mol. The second kappa shape index (κ2) is 2.66. The highest BCUT2D eigenvalue weighted by atomic mass is 19.3. The van der Waals surface area contributed by atoms with Crippen molar-refractivity contribution in [2.75, 3.05) is 6.61 Å².